The SMILES string of the molecule is CCCN1C(=S)NC(c2ccccn2)C1c1cccn1-c1ccc(Cl)cn1. The van der Waals surface area contributed by atoms with Gasteiger partial charge in [-0.1, -0.05) is 24.6 Å². The number of rotatable bonds is 5. The van der Waals surface area contributed by atoms with Crippen molar-refractivity contribution in [2.45, 2.75) is 25.4 Å². The fourth-order valence-corrected chi connectivity index (χ4v) is 4.01. The Bertz CT molecular complexity index is 925. The minimum atomic E-state index is -0.0220. The number of nitrogens with zero attached hydrogens (tertiary/aromatic N) is 4. The zero-order valence-electron chi connectivity index (χ0n) is 14.9. The molecule has 0 bridgehead atoms. The Morgan fingerprint density at radius 2 is 2.04 bits per heavy atom. The second kappa shape index (κ2) is 7.66. The van der Waals surface area contributed by atoms with Crippen LogP contribution >= 0.6 is 23.8 Å². The number of pyridine rings is 2. The van der Waals surface area contributed by atoms with Crippen molar-refractivity contribution >= 4 is 28.9 Å². The first-order chi connectivity index (χ1) is 13.2. The Morgan fingerprint density at radius 1 is 1.15 bits per heavy atom. The molecule has 1 aliphatic heterocycles. The molecule has 3 aromatic heterocycles. The molecule has 4 rings (SSSR count). The van der Waals surface area contributed by atoms with Crippen LogP contribution in [0, 0.1) is 0 Å². The summed E-state index contributed by atoms with van der Waals surface area (Å²) >= 11 is 11.7. The Morgan fingerprint density at radius 3 is 2.74 bits per heavy atom. The summed E-state index contributed by atoms with van der Waals surface area (Å²) < 4.78 is 2.09. The number of nitrogens with one attached hydrogen (secondary N) is 1. The topological polar surface area (TPSA) is 46.0 Å². The van der Waals surface area contributed by atoms with E-state index in [9.17, 15) is 0 Å². The summed E-state index contributed by atoms with van der Waals surface area (Å²) in [5.41, 5.74) is 2.08. The van der Waals surface area contributed by atoms with Gasteiger partial charge in [-0.05, 0) is 55.0 Å². The average molecular weight is 398 g/mol. The lowest BCUT2D eigenvalue weighted by atomic mass is 10.0. The van der Waals surface area contributed by atoms with Gasteiger partial charge in [-0.2, -0.15) is 0 Å². The quantitative estimate of drug-likeness (QED) is 0.650. The van der Waals surface area contributed by atoms with Gasteiger partial charge in [-0.3, -0.25) is 4.98 Å². The second-order valence-electron chi connectivity index (χ2n) is 6.46. The molecular weight excluding hydrogens is 378 g/mol. The highest BCUT2D eigenvalue weighted by Crippen LogP contribution is 2.39. The maximum absolute atomic E-state index is 6.01. The minimum absolute atomic E-state index is 0.0220. The van der Waals surface area contributed by atoms with E-state index in [1.165, 1.54) is 0 Å². The molecule has 4 heterocycles. The second-order valence-corrected chi connectivity index (χ2v) is 7.28. The van der Waals surface area contributed by atoms with Crippen molar-refractivity contribution in [3.8, 4) is 5.82 Å². The Hall–Kier alpha value is -2.44. The van der Waals surface area contributed by atoms with Gasteiger partial charge in [-0.15, -0.1) is 0 Å². The van der Waals surface area contributed by atoms with Gasteiger partial charge < -0.3 is 14.8 Å². The van der Waals surface area contributed by atoms with E-state index in [1.807, 2.05) is 48.8 Å². The summed E-state index contributed by atoms with van der Waals surface area (Å²) in [5.74, 6) is 0.827. The highest BCUT2D eigenvalue weighted by molar-refractivity contribution is 7.80. The molecule has 1 N–H and O–H groups in total. The van der Waals surface area contributed by atoms with Crippen molar-refractivity contribution in [3.05, 3.63) is 77.5 Å². The molecule has 27 heavy (non-hydrogen) atoms. The molecule has 1 aliphatic rings. The van der Waals surface area contributed by atoms with Crippen LogP contribution < -0.4 is 5.32 Å². The molecule has 0 amide bonds. The molecule has 3 aromatic rings. The van der Waals surface area contributed by atoms with Crippen LogP contribution in [-0.4, -0.2) is 31.1 Å². The normalized spacial score (nSPS) is 19.3. The zero-order valence-corrected chi connectivity index (χ0v) is 16.5. The first kappa shape index (κ1) is 17.9. The van der Waals surface area contributed by atoms with Crippen molar-refractivity contribution in [1.29, 1.82) is 0 Å². The molecule has 2 atom stereocenters. The third-order valence-corrected chi connectivity index (χ3v) is 5.28. The van der Waals surface area contributed by atoms with E-state index in [4.69, 9.17) is 23.8 Å². The van der Waals surface area contributed by atoms with Crippen LogP contribution in [0.3, 0.4) is 0 Å². The van der Waals surface area contributed by atoms with Gasteiger partial charge in [0.05, 0.1) is 22.8 Å². The first-order valence-electron chi connectivity index (χ1n) is 8.96. The van der Waals surface area contributed by atoms with Crippen LogP contribution in [0.1, 0.15) is 36.8 Å². The molecule has 138 valence electrons. The zero-order chi connectivity index (χ0) is 18.8. The molecule has 0 aromatic carbocycles. The van der Waals surface area contributed by atoms with Gasteiger partial charge in [0, 0.05) is 30.8 Å². The third-order valence-electron chi connectivity index (χ3n) is 4.70. The largest absolute Gasteiger partial charge is 0.352 e. The Balaban J connectivity index is 1.80. The van der Waals surface area contributed by atoms with Gasteiger partial charge in [-0.25, -0.2) is 4.98 Å². The van der Waals surface area contributed by atoms with Crippen molar-refractivity contribution in [3.63, 3.8) is 0 Å². The van der Waals surface area contributed by atoms with Crippen molar-refractivity contribution in [2.24, 2.45) is 0 Å². The van der Waals surface area contributed by atoms with E-state index in [2.05, 4.69) is 37.7 Å². The molecule has 0 radical (unpaired) electrons. The van der Waals surface area contributed by atoms with Gasteiger partial charge in [0.15, 0.2) is 5.11 Å². The lowest BCUT2D eigenvalue weighted by molar-refractivity contribution is 0.308. The lowest BCUT2D eigenvalue weighted by Crippen LogP contribution is -2.31. The predicted molar refractivity (Wildman–Crippen MR) is 111 cm³/mol. The van der Waals surface area contributed by atoms with Crippen LogP contribution in [-0.2, 0) is 0 Å². The summed E-state index contributed by atoms with van der Waals surface area (Å²) in [4.78, 5) is 11.3. The monoisotopic (exact) mass is 397 g/mol. The van der Waals surface area contributed by atoms with Gasteiger partial charge >= 0.3 is 0 Å². The lowest BCUT2D eigenvalue weighted by Gasteiger charge is -2.28. The van der Waals surface area contributed by atoms with Gasteiger partial charge in [0.2, 0.25) is 0 Å². The Kier molecular flexibility index (Phi) is 5.09. The highest BCUT2D eigenvalue weighted by Gasteiger charge is 2.40. The summed E-state index contributed by atoms with van der Waals surface area (Å²) in [7, 11) is 0. The van der Waals surface area contributed by atoms with E-state index in [1.54, 1.807) is 6.20 Å². The van der Waals surface area contributed by atoms with Gasteiger partial charge in [0.1, 0.15) is 5.82 Å². The van der Waals surface area contributed by atoms with E-state index >= 15 is 0 Å². The van der Waals surface area contributed by atoms with E-state index < -0.39 is 0 Å². The molecule has 5 nitrogen and oxygen atoms in total. The number of hydrogen-bond donors (Lipinski definition) is 1. The number of thiocarbonyl (C=S) groups is 1. The molecule has 2 unspecified atom stereocenters. The molecule has 0 spiro atoms. The van der Waals surface area contributed by atoms with Crippen molar-refractivity contribution < 1.29 is 0 Å². The predicted octanol–water partition coefficient (Wildman–Crippen LogP) is 4.30. The molecule has 7 heteroatoms. The molecule has 1 fully saturated rings. The van der Waals surface area contributed by atoms with E-state index in [0.717, 1.165) is 35.3 Å². The van der Waals surface area contributed by atoms with Crippen molar-refractivity contribution in [1.82, 2.24) is 24.8 Å². The first-order valence-corrected chi connectivity index (χ1v) is 9.75. The summed E-state index contributed by atoms with van der Waals surface area (Å²) in [6.07, 6.45) is 6.51. The molecule has 1 saturated heterocycles. The summed E-state index contributed by atoms with van der Waals surface area (Å²) in [6, 6.07) is 13.9. The number of aromatic nitrogens is 3. The summed E-state index contributed by atoms with van der Waals surface area (Å²) in [5, 5.41) is 4.85. The van der Waals surface area contributed by atoms with Crippen LogP contribution in [0.2, 0.25) is 5.02 Å². The van der Waals surface area contributed by atoms with Crippen LogP contribution in [0.25, 0.3) is 5.82 Å². The van der Waals surface area contributed by atoms with E-state index in [0.29, 0.717) is 5.02 Å². The maximum atomic E-state index is 6.01. The smallest absolute Gasteiger partial charge is 0.170 e. The van der Waals surface area contributed by atoms with Crippen LogP contribution in [0.15, 0.2) is 61.1 Å². The van der Waals surface area contributed by atoms with Crippen LogP contribution in [0.5, 0.6) is 0 Å². The average Bonchev–Trinajstić information content (AvgIpc) is 3.28. The van der Waals surface area contributed by atoms with Crippen molar-refractivity contribution in [2.75, 3.05) is 6.54 Å². The van der Waals surface area contributed by atoms with Crippen LogP contribution in [0.4, 0.5) is 0 Å². The van der Waals surface area contributed by atoms with Gasteiger partial charge in [0.25, 0.3) is 0 Å². The molecule has 0 saturated carbocycles. The number of halogens is 1. The van der Waals surface area contributed by atoms with E-state index in [-0.39, 0.29) is 12.1 Å². The molecule has 0 aliphatic carbocycles. The maximum Gasteiger partial charge on any atom is 0.170 e. The summed E-state index contributed by atoms with van der Waals surface area (Å²) in [6.45, 7) is 3.03. The highest BCUT2D eigenvalue weighted by atomic mass is 35.5. The number of hydrogen-bond acceptors (Lipinski definition) is 3. The molecular formula is C20H20ClN5S. The Labute approximate surface area is 169 Å². The minimum Gasteiger partial charge on any atom is -0.352 e. The fourth-order valence-electron chi connectivity index (χ4n) is 3.56. The standard InChI is InChI=1S/C20H20ClN5S/c1-2-11-26-19(18(24-20(26)27)15-6-3-4-10-22-15)16-7-5-12-25(16)17-9-8-14(21)13-23-17/h3-10,12-13,18-19H,2,11H2,1H3,(H,24,27). The third kappa shape index (κ3) is 3.42. The fraction of sp³-hybridized carbons (Fsp3) is 0.250.